The van der Waals surface area contributed by atoms with Crippen LogP contribution in [-0.4, -0.2) is 17.8 Å². The van der Waals surface area contributed by atoms with Gasteiger partial charge in [-0.25, -0.2) is 9.69 Å². The molecule has 1 aliphatic rings. The van der Waals surface area contributed by atoms with E-state index in [4.69, 9.17) is 39.5 Å². The number of para-hydroxylation sites is 1. The van der Waals surface area contributed by atoms with E-state index in [1.165, 1.54) is 6.08 Å². The summed E-state index contributed by atoms with van der Waals surface area (Å²) in [6, 6.07) is 16.1. The van der Waals surface area contributed by atoms with E-state index < -0.39 is 17.8 Å². The minimum Gasteiger partial charge on any atom is -0.488 e. The van der Waals surface area contributed by atoms with Gasteiger partial charge in [-0.15, -0.1) is 0 Å². The minimum atomic E-state index is -0.846. The van der Waals surface area contributed by atoms with E-state index in [-0.39, 0.29) is 17.9 Å². The van der Waals surface area contributed by atoms with E-state index in [1.54, 1.807) is 67.6 Å². The highest BCUT2D eigenvalue weighted by Crippen LogP contribution is 2.31. The van der Waals surface area contributed by atoms with Crippen molar-refractivity contribution in [3.63, 3.8) is 0 Å². The summed E-state index contributed by atoms with van der Waals surface area (Å²) in [5, 5.41) is 3.45. The van der Waals surface area contributed by atoms with Crippen LogP contribution in [0, 0.1) is 6.92 Å². The number of nitrogens with one attached hydrogen (secondary N) is 1. The second-order valence-electron chi connectivity index (χ2n) is 7.42. The first-order valence-corrected chi connectivity index (χ1v) is 11.2. The maximum absolute atomic E-state index is 13.2. The number of amides is 4. The molecule has 4 rings (SSSR count). The van der Waals surface area contributed by atoms with Crippen molar-refractivity contribution in [2.45, 2.75) is 13.5 Å². The molecule has 6 nitrogen and oxygen atoms in total. The molecule has 1 N–H and O–H groups in total. The smallest absolute Gasteiger partial charge is 0.335 e. The van der Waals surface area contributed by atoms with Crippen molar-refractivity contribution in [2.75, 3.05) is 4.90 Å². The Hall–Kier alpha value is -3.32. The zero-order chi connectivity index (χ0) is 24.4. The van der Waals surface area contributed by atoms with Gasteiger partial charge in [-0.2, -0.15) is 0 Å². The quantitative estimate of drug-likeness (QED) is 0.324. The molecule has 4 amide bonds. The number of barbiturate groups is 1. The Morgan fingerprint density at radius 1 is 0.912 bits per heavy atom. The van der Waals surface area contributed by atoms with Gasteiger partial charge in [-0.3, -0.25) is 14.9 Å². The number of ether oxygens (including phenoxy) is 1. The van der Waals surface area contributed by atoms with Gasteiger partial charge in [0.25, 0.3) is 11.8 Å². The summed E-state index contributed by atoms with van der Waals surface area (Å²) in [6.07, 6.45) is 1.39. The Labute approximate surface area is 210 Å². The van der Waals surface area contributed by atoms with E-state index in [1.807, 2.05) is 0 Å². The summed E-state index contributed by atoms with van der Waals surface area (Å²) in [4.78, 5) is 39.2. The largest absolute Gasteiger partial charge is 0.488 e. The van der Waals surface area contributed by atoms with Crippen molar-refractivity contribution in [3.05, 3.63) is 98.0 Å². The summed E-state index contributed by atoms with van der Waals surface area (Å²) in [5.74, 6) is -1.13. The molecule has 9 heteroatoms. The number of urea groups is 1. The van der Waals surface area contributed by atoms with Gasteiger partial charge in [-0.1, -0.05) is 65.1 Å². The highest BCUT2D eigenvalue weighted by Gasteiger charge is 2.37. The van der Waals surface area contributed by atoms with Gasteiger partial charge in [0.2, 0.25) is 0 Å². The second kappa shape index (κ2) is 9.89. The zero-order valence-electron chi connectivity index (χ0n) is 17.8. The van der Waals surface area contributed by atoms with E-state index >= 15 is 0 Å². The number of anilines is 1. The number of imide groups is 2. The van der Waals surface area contributed by atoms with Crippen LogP contribution in [-0.2, 0) is 16.2 Å². The van der Waals surface area contributed by atoms with Crippen LogP contribution in [0.15, 0.2) is 66.2 Å². The van der Waals surface area contributed by atoms with Crippen molar-refractivity contribution in [3.8, 4) is 5.75 Å². The number of rotatable bonds is 5. The Balaban J connectivity index is 1.66. The lowest BCUT2D eigenvalue weighted by Gasteiger charge is -2.27. The monoisotopic (exact) mass is 514 g/mol. The maximum Gasteiger partial charge on any atom is 0.335 e. The minimum absolute atomic E-state index is 0.184. The molecule has 0 aliphatic carbocycles. The van der Waals surface area contributed by atoms with Gasteiger partial charge in [0, 0.05) is 10.6 Å². The molecule has 1 saturated heterocycles. The van der Waals surface area contributed by atoms with Gasteiger partial charge >= 0.3 is 6.03 Å². The van der Waals surface area contributed by atoms with Crippen LogP contribution in [0.3, 0.4) is 0 Å². The molecule has 3 aromatic carbocycles. The fraction of sp³-hybridized carbons (Fsp3) is 0.0800. The van der Waals surface area contributed by atoms with Crippen molar-refractivity contribution in [1.29, 1.82) is 0 Å². The number of carbonyl (C=O) groups excluding carboxylic acids is 3. The molecule has 0 spiro atoms. The molecule has 1 aliphatic heterocycles. The molecule has 172 valence electrons. The molecule has 0 atom stereocenters. The van der Waals surface area contributed by atoms with Crippen molar-refractivity contribution < 1.29 is 19.1 Å². The van der Waals surface area contributed by atoms with Gasteiger partial charge in [0.1, 0.15) is 17.9 Å². The fourth-order valence-corrected chi connectivity index (χ4v) is 3.88. The molecule has 3 aromatic rings. The lowest BCUT2D eigenvalue weighted by molar-refractivity contribution is -0.122. The Morgan fingerprint density at radius 3 is 2.44 bits per heavy atom. The molecule has 0 saturated carbocycles. The summed E-state index contributed by atoms with van der Waals surface area (Å²) in [5.41, 5.74) is 1.88. The summed E-state index contributed by atoms with van der Waals surface area (Å²) in [6.45, 7) is 1.87. The van der Waals surface area contributed by atoms with Crippen LogP contribution in [0.2, 0.25) is 15.1 Å². The zero-order valence-corrected chi connectivity index (χ0v) is 20.0. The lowest BCUT2D eigenvalue weighted by Crippen LogP contribution is -2.54. The average Bonchev–Trinajstić information content (AvgIpc) is 2.80. The number of carbonyl (C=O) groups is 3. The molecule has 0 aromatic heterocycles. The Morgan fingerprint density at radius 2 is 1.68 bits per heavy atom. The maximum atomic E-state index is 13.2. The average molecular weight is 516 g/mol. The van der Waals surface area contributed by atoms with Crippen LogP contribution in [0.1, 0.15) is 16.7 Å². The van der Waals surface area contributed by atoms with Crippen LogP contribution in [0.25, 0.3) is 6.08 Å². The molecular weight excluding hydrogens is 499 g/mol. The topological polar surface area (TPSA) is 75.7 Å². The van der Waals surface area contributed by atoms with E-state index in [2.05, 4.69) is 5.32 Å². The van der Waals surface area contributed by atoms with Gasteiger partial charge in [0.05, 0.1) is 15.7 Å². The highest BCUT2D eigenvalue weighted by atomic mass is 35.5. The molecular formula is C25H17Cl3N2O4. The summed E-state index contributed by atoms with van der Waals surface area (Å²) < 4.78 is 5.91. The van der Waals surface area contributed by atoms with Crippen molar-refractivity contribution >= 4 is 64.4 Å². The van der Waals surface area contributed by atoms with Crippen LogP contribution in [0.4, 0.5) is 10.5 Å². The second-order valence-corrected chi connectivity index (χ2v) is 8.64. The van der Waals surface area contributed by atoms with E-state index in [9.17, 15) is 14.4 Å². The predicted molar refractivity (Wildman–Crippen MR) is 132 cm³/mol. The third-order valence-corrected chi connectivity index (χ3v) is 6.33. The Kier molecular flexibility index (Phi) is 6.93. The van der Waals surface area contributed by atoms with E-state index in [0.717, 1.165) is 10.5 Å². The SMILES string of the molecule is Cc1c(Cl)cccc1N1C(=O)NC(=O)/C(=C\c2ccccc2OCc2ccc(Cl)c(Cl)c2)C1=O. The van der Waals surface area contributed by atoms with Crippen LogP contribution >= 0.6 is 34.8 Å². The Bertz CT molecular complexity index is 1350. The normalized spacial score (nSPS) is 15.0. The molecule has 34 heavy (non-hydrogen) atoms. The summed E-state index contributed by atoms with van der Waals surface area (Å²) >= 11 is 18.2. The fourth-order valence-electron chi connectivity index (χ4n) is 3.39. The van der Waals surface area contributed by atoms with Gasteiger partial charge in [-0.05, 0) is 54.5 Å². The first-order valence-electron chi connectivity index (χ1n) is 10.1. The summed E-state index contributed by atoms with van der Waals surface area (Å²) in [7, 11) is 0. The lowest BCUT2D eigenvalue weighted by atomic mass is 10.0. The standard InChI is InChI=1S/C25H17Cl3N2O4/c1-14-18(26)6-4-7-21(14)30-24(32)17(23(31)29-25(30)33)12-16-5-2-3-8-22(16)34-13-15-9-10-19(27)20(28)11-15/h2-12H,13H2,1H3,(H,29,31,33)/b17-12+. The number of nitrogens with zero attached hydrogens (tertiary/aromatic N) is 1. The molecule has 0 bridgehead atoms. The number of hydrogen-bond donors (Lipinski definition) is 1. The molecule has 1 heterocycles. The number of benzene rings is 3. The number of halogens is 3. The van der Waals surface area contributed by atoms with Crippen molar-refractivity contribution in [2.24, 2.45) is 0 Å². The number of hydrogen-bond acceptors (Lipinski definition) is 4. The first kappa shape index (κ1) is 23.8. The van der Waals surface area contributed by atoms with Crippen molar-refractivity contribution in [1.82, 2.24) is 5.32 Å². The molecule has 0 unspecified atom stereocenters. The molecule has 1 fully saturated rings. The van der Waals surface area contributed by atoms with Crippen LogP contribution < -0.4 is 15.0 Å². The van der Waals surface area contributed by atoms with Gasteiger partial charge in [0.15, 0.2) is 0 Å². The predicted octanol–water partition coefficient (Wildman–Crippen LogP) is 6.20. The van der Waals surface area contributed by atoms with Crippen LogP contribution in [0.5, 0.6) is 5.75 Å². The first-order chi connectivity index (χ1) is 16.3. The third kappa shape index (κ3) is 4.80. The van der Waals surface area contributed by atoms with E-state index in [0.29, 0.717) is 31.9 Å². The third-order valence-electron chi connectivity index (χ3n) is 5.18. The van der Waals surface area contributed by atoms with Gasteiger partial charge < -0.3 is 4.74 Å². The highest BCUT2D eigenvalue weighted by molar-refractivity contribution is 6.42. The molecule has 0 radical (unpaired) electrons.